The predicted octanol–water partition coefficient (Wildman–Crippen LogP) is -1.35. The maximum atomic E-state index is 13.0. The molecule has 0 saturated heterocycles. The Morgan fingerprint density at radius 3 is 2.39 bits per heavy atom. The molecule has 1 saturated carbocycles. The van der Waals surface area contributed by atoms with Crippen molar-refractivity contribution in [2.75, 3.05) is 6.54 Å². The molecule has 2 rings (SSSR count). The van der Waals surface area contributed by atoms with Gasteiger partial charge in [0.1, 0.15) is 22.5 Å². The van der Waals surface area contributed by atoms with Gasteiger partial charge in [0.25, 0.3) is 0 Å². The van der Waals surface area contributed by atoms with Gasteiger partial charge in [0.15, 0.2) is 11.2 Å². The van der Waals surface area contributed by atoms with Gasteiger partial charge in [0.05, 0.1) is 12.6 Å². The number of hydrogen-bond donors (Lipinski definition) is 3. The molecule has 1 fully saturated rings. The van der Waals surface area contributed by atoms with Crippen LogP contribution in [0, 0.1) is 17.8 Å². The molecule has 0 aliphatic heterocycles. The van der Waals surface area contributed by atoms with Gasteiger partial charge in [-0.2, -0.15) is 0 Å². The van der Waals surface area contributed by atoms with Crippen LogP contribution in [0.15, 0.2) is 30.3 Å². The second-order valence-electron chi connectivity index (χ2n) is 9.77. The molecular formula is C25H35N2NaO9S. The Balaban J connectivity index is 0.00000722. The number of carbonyl (C=O) groups excluding carboxylic acids is 4. The number of ketones is 2. The van der Waals surface area contributed by atoms with Crippen molar-refractivity contribution < 1.29 is 71.5 Å². The Bertz CT molecular complexity index is 1050. The Kier molecular flexibility index (Phi) is 14.7. The normalized spacial score (nSPS) is 17.7. The van der Waals surface area contributed by atoms with E-state index in [9.17, 15) is 37.3 Å². The summed E-state index contributed by atoms with van der Waals surface area (Å²) in [6.07, 6.45) is 0.393. The van der Waals surface area contributed by atoms with Gasteiger partial charge in [0, 0.05) is 24.7 Å². The zero-order valence-corrected chi connectivity index (χ0v) is 24.9. The smallest absolute Gasteiger partial charge is 0.746 e. The van der Waals surface area contributed by atoms with Gasteiger partial charge in [0.2, 0.25) is 5.91 Å². The minimum atomic E-state index is -5.17. The molecule has 11 nitrogen and oxygen atoms in total. The molecule has 3 N–H and O–H groups in total. The van der Waals surface area contributed by atoms with Crippen molar-refractivity contribution in [3.63, 3.8) is 0 Å². The van der Waals surface area contributed by atoms with Gasteiger partial charge < -0.3 is 25.0 Å². The van der Waals surface area contributed by atoms with Crippen molar-refractivity contribution in [2.24, 2.45) is 17.8 Å². The average Bonchev–Trinajstić information content (AvgIpc) is 3.24. The number of hydrogen-bond acceptors (Lipinski definition) is 9. The molecule has 4 atom stereocenters. The van der Waals surface area contributed by atoms with Gasteiger partial charge in [-0.25, -0.2) is 13.2 Å². The summed E-state index contributed by atoms with van der Waals surface area (Å²) in [5, 5.41) is 14.9. The molecule has 0 spiro atoms. The minimum Gasteiger partial charge on any atom is -0.746 e. The van der Waals surface area contributed by atoms with Crippen LogP contribution in [0.4, 0.5) is 4.79 Å². The monoisotopic (exact) mass is 562 g/mol. The van der Waals surface area contributed by atoms with E-state index in [2.05, 4.69) is 10.6 Å². The quantitative estimate of drug-likeness (QED) is 0.182. The number of aliphatic hydroxyl groups excluding tert-OH is 1. The first kappa shape index (κ1) is 34.2. The standard InChI is InChI=1S/C25H36N2O9S.Na/c1-16(2)11-19(12-20(28)14-26-25(32)36-15-17-7-4-3-5-8-17)23(30)27-21(24(31)37(33,34)35)13-18-9-6-10-22(18)29;/h3-5,7-8,16,18-19,21,24,31H,6,9-15H2,1-2H3,(H,26,32)(H,27,30)(H,33,34,35);/q;+1/p-1/t18?,19-,21+,24?;/m1./s1. The van der Waals surface area contributed by atoms with Crippen LogP contribution in [0.25, 0.3) is 0 Å². The van der Waals surface area contributed by atoms with Crippen molar-refractivity contribution >= 4 is 33.7 Å². The summed E-state index contributed by atoms with van der Waals surface area (Å²) >= 11 is 0. The predicted molar refractivity (Wildman–Crippen MR) is 132 cm³/mol. The Labute approximate surface area is 245 Å². The summed E-state index contributed by atoms with van der Waals surface area (Å²) in [6, 6.07) is 7.47. The largest absolute Gasteiger partial charge is 1.00 e. The van der Waals surface area contributed by atoms with E-state index in [4.69, 9.17) is 4.74 Å². The first-order valence-electron chi connectivity index (χ1n) is 12.3. The van der Waals surface area contributed by atoms with Crippen LogP contribution >= 0.6 is 0 Å². The molecule has 1 aliphatic carbocycles. The Morgan fingerprint density at radius 1 is 1.18 bits per heavy atom. The summed E-state index contributed by atoms with van der Waals surface area (Å²) in [5.74, 6) is -2.79. The fourth-order valence-corrected chi connectivity index (χ4v) is 4.92. The van der Waals surface area contributed by atoms with E-state index in [0.29, 0.717) is 19.3 Å². The molecule has 206 valence electrons. The van der Waals surface area contributed by atoms with Crippen molar-refractivity contribution in [3.8, 4) is 0 Å². The summed E-state index contributed by atoms with van der Waals surface area (Å²) < 4.78 is 39.5. The first-order valence-corrected chi connectivity index (χ1v) is 13.8. The van der Waals surface area contributed by atoms with Gasteiger partial charge >= 0.3 is 35.7 Å². The summed E-state index contributed by atoms with van der Waals surface area (Å²) in [7, 11) is -5.17. The maximum absolute atomic E-state index is 13.0. The minimum absolute atomic E-state index is 0. The fourth-order valence-electron chi connectivity index (χ4n) is 4.34. The zero-order chi connectivity index (χ0) is 27.6. The molecule has 2 amide bonds. The number of rotatable bonds is 14. The second-order valence-corrected chi connectivity index (χ2v) is 11.2. The van der Waals surface area contributed by atoms with Crippen LogP contribution in [-0.2, 0) is 35.8 Å². The van der Waals surface area contributed by atoms with E-state index in [1.807, 2.05) is 19.9 Å². The summed E-state index contributed by atoms with van der Waals surface area (Å²) in [6.45, 7) is 3.30. The number of carbonyl (C=O) groups is 4. The third-order valence-electron chi connectivity index (χ3n) is 6.18. The van der Waals surface area contributed by atoms with E-state index in [1.165, 1.54) is 0 Å². The van der Waals surface area contributed by atoms with E-state index in [1.54, 1.807) is 24.3 Å². The number of benzene rings is 1. The topological polar surface area (TPSA) is 179 Å². The molecule has 1 aromatic rings. The number of Topliss-reactive ketones (excluding diaryl/α,β-unsaturated/α-hetero) is 2. The van der Waals surface area contributed by atoms with Gasteiger partial charge in [-0.05, 0) is 37.2 Å². The van der Waals surface area contributed by atoms with Gasteiger partial charge in [-0.15, -0.1) is 0 Å². The van der Waals surface area contributed by atoms with Crippen molar-refractivity contribution in [1.82, 2.24) is 10.6 Å². The van der Waals surface area contributed by atoms with Crippen LogP contribution in [0.1, 0.15) is 57.9 Å². The molecule has 0 radical (unpaired) electrons. The molecule has 0 heterocycles. The third kappa shape index (κ3) is 11.9. The Hall–Kier alpha value is -1.83. The molecule has 0 aromatic heterocycles. The number of nitrogens with one attached hydrogen (secondary N) is 2. The molecule has 1 aromatic carbocycles. The number of amides is 2. The average molecular weight is 563 g/mol. The van der Waals surface area contributed by atoms with Crippen molar-refractivity contribution in [1.29, 1.82) is 0 Å². The van der Waals surface area contributed by atoms with Crippen molar-refractivity contribution in [2.45, 2.75) is 70.5 Å². The maximum Gasteiger partial charge on any atom is 1.00 e. The van der Waals surface area contributed by atoms with Crippen LogP contribution in [0.2, 0.25) is 0 Å². The van der Waals surface area contributed by atoms with E-state index in [-0.39, 0.29) is 73.7 Å². The zero-order valence-electron chi connectivity index (χ0n) is 22.1. The van der Waals surface area contributed by atoms with Gasteiger partial charge in [-0.3, -0.25) is 14.4 Å². The Morgan fingerprint density at radius 2 is 1.84 bits per heavy atom. The first-order chi connectivity index (χ1) is 17.4. The van der Waals surface area contributed by atoms with Crippen LogP contribution in [0.5, 0.6) is 0 Å². The SMILES string of the molecule is CC(C)C[C@H](CC(=O)CNC(=O)OCc1ccccc1)C(=O)N[C@@H](CC1CCCC1=O)C(O)S(=O)(=O)[O-].[Na+]. The number of aliphatic hydroxyl groups is 1. The molecule has 13 heteroatoms. The molecule has 38 heavy (non-hydrogen) atoms. The van der Waals surface area contributed by atoms with E-state index in [0.717, 1.165) is 5.56 Å². The fraction of sp³-hybridized carbons (Fsp3) is 0.600. The van der Waals surface area contributed by atoms with E-state index < -0.39 is 51.2 Å². The second kappa shape index (κ2) is 16.3. The number of ether oxygens (including phenoxy) is 1. The number of alkyl carbamates (subject to hydrolysis) is 1. The summed E-state index contributed by atoms with van der Waals surface area (Å²) in [4.78, 5) is 49.5. The molecular weight excluding hydrogens is 527 g/mol. The van der Waals surface area contributed by atoms with Crippen LogP contribution in [-0.4, -0.2) is 59.7 Å². The summed E-state index contributed by atoms with van der Waals surface area (Å²) in [5.41, 5.74) is -1.66. The molecule has 0 bridgehead atoms. The molecule has 2 unspecified atom stereocenters. The van der Waals surface area contributed by atoms with Crippen LogP contribution in [0.3, 0.4) is 0 Å². The van der Waals surface area contributed by atoms with E-state index >= 15 is 0 Å². The third-order valence-corrected chi connectivity index (χ3v) is 7.10. The van der Waals surface area contributed by atoms with Crippen LogP contribution < -0.4 is 40.2 Å². The molecule has 1 aliphatic rings. The van der Waals surface area contributed by atoms with Gasteiger partial charge in [-0.1, -0.05) is 44.2 Å². The van der Waals surface area contributed by atoms with Crippen molar-refractivity contribution in [3.05, 3.63) is 35.9 Å².